The first-order chi connectivity index (χ1) is 12.0. The van der Waals surface area contributed by atoms with E-state index >= 15 is 0 Å². The van der Waals surface area contributed by atoms with Gasteiger partial charge in [-0.3, -0.25) is 4.79 Å². The molecule has 1 aromatic rings. The summed E-state index contributed by atoms with van der Waals surface area (Å²) in [6.07, 6.45) is 0.815. The Kier molecular flexibility index (Phi) is 5.31. The van der Waals surface area contributed by atoms with Crippen LogP contribution in [0.5, 0.6) is 0 Å². The lowest BCUT2D eigenvalue weighted by molar-refractivity contribution is -0.120. The van der Waals surface area contributed by atoms with Crippen LogP contribution >= 0.6 is 0 Å². The highest BCUT2D eigenvalue weighted by molar-refractivity contribution is 7.90. The third kappa shape index (κ3) is 4.54. The number of hydrogen-bond donors (Lipinski definition) is 3. The van der Waals surface area contributed by atoms with Crippen LogP contribution in [0.25, 0.3) is 0 Å². The van der Waals surface area contributed by atoms with Crippen molar-refractivity contribution in [3.05, 3.63) is 36.9 Å². The summed E-state index contributed by atoms with van der Waals surface area (Å²) in [6, 6.07) is 5.25. The van der Waals surface area contributed by atoms with Crippen molar-refractivity contribution in [3.8, 4) is 0 Å². The van der Waals surface area contributed by atoms with Crippen LogP contribution in [0.2, 0.25) is 0 Å². The molecule has 0 heterocycles. The van der Waals surface area contributed by atoms with Crippen molar-refractivity contribution in [2.45, 2.75) is 37.3 Å². The predicted molar refractivity (Wildman–Crippen MR) is 96.5 cm³/mol. The van der Waals surface area contributed by atoms with Crippen molar-refractivity contribution in [2.75, 3.05) is 5.73 Å². The summed E-state index contributed by atoms with van der Waals surface area (Å²) >= 11 is 0. The van der Waals surface area contributed by atoms with Crippen molar-refractivity contribution >= 4 is 27.7 Å². The number of hydrogen-bond acceptors (Lipinski definition) is 6. The first-order valence-electron chi connectivity index (χ1n) is 7.99. The van der Waals surface area contributed by atoms with E-state index in [4.69, 9.17) is 10.5 Å². The Morgan fingerprint density at radius 3 is 2.42 bits per heavy atom. The number of benzene rings is 1. The smallest absolute Gasteiger partial charge is 0.407 e. The second kappa shape index (κ2) is 6.99. The zero-order chi connectivity index (χ0) is 19.7. The highest BCUT2D eigenvalue weighted by atomic mass is 32.2. The summed E-state index contributed by atoms with van der Waals surface area (Å²) in [4.78, 5) is 24.1. The largest absolute Gasteiger partial charge is 0.444 e. The maximum absolute atomic E-state index is 12.4. The van der Waals surface area contributed by atoms with E-state index in [-0.39, 0.29) is 16.5 Å². The molecule has 0 radical (unpaired) electrons. The fourth-order valence-electron chi connectivity index (χ4n) is 2.58. The van der Waals surface area contributed by atoms with E-state index in [0.29, 0.717) is 0 Å². The number of carbonyl (C=O) groups excluding carboxylic acids is 2. The highest BCUT2D eigenvalue weighted by Crippen LogP contribution is 2.40. The minimum Gasteiger partial charge on any atom is -0.444 e. The topological polar surface area (TPSA) is 128 Å². The lowest BCUT2D eigenvalue weighted by atomic mass is 10.2. The van der Waals surface area contributed by atoms with E-state index in [0.717, 1.165) is 0 Å². The Morgan fingerprint density at radius 2 is 1.88 bits per heavy atom. The molecule has 4 N–H and O–H groups in total. The number of para-hydroxylation sites is 1. The van der Waals surface area contributed by atoms with Crippen molar-refractivity contribution < 1.29 is 22.7 Å². The molecule has 26 heavy (non-hydrogen) atoms. The van der Waals surface area contributed by atoms with Crippen LogP contribution in [0.3, 0.4) is 0 Å². The van der Waals surface area contributed by atoms with Gasteiger partial charge in [-0.1, -0.05) is 18.2 Å². The summed E-state index contributed by atoms with van der Waals surface area (Å²) in [5.74, 6) is -1.87. The number of amides is 2. The number of rotatable bonds is 5. The minimum atomic E-state index is -4.11. The number of carbonyl (C=O) groups is 2. The molecule has 9 heteroatoms. The third-order valence-corrected chi connectivity index (χ3v) is 5.20. The first kappa shape index (κ1) is 19.8. The van der Waals surface area contributed by atoms with E-state index in [1.54, 1.807) is 26.8 Å². The Balaban J connectivity index is 2.06. The molecular weight excluding hydrogens is 358 g/mol. The molecule has 142 valence electrons. The SMILES string of the molecule is C=CC1C(NC(=O)OC(C)(C)C)C1C(=O)NS(=O)(=O)c1ccccc1N. The van der Waals surface area contributed by atoms with E-state index < -0.39 is 39.6 Å². The molecule has 0 aliphatic heterocycles. The lowest BCUT2D eigenvalue weighted by Gasteiger charge is -2.19. The second-order valence-electron chi connectivity index (χ2n) is 7.02. The Hall–Kier alpha value is -2.55. The number of sulfonamides is 1. The Labute approximate surface area is 152 Å². The zero-order valence-corrected chi connectivity index (χ0v) is 15.7. The first-order valence-corrected chi connectivity index (χ1v) is 9.48. The summed E-state index contributed by atoms with van der Waals surface area (Å²) in [7, 11) is -4.11. The quantitative estimate of drug-likeness (QED) is 0.522. The average molecular weight is 381 g/mol. The fraction of sp³-hybridized carbons (Fsp3) is 0.412. The molecule has 3 unspecified atom stereocenters. The van der Waals surface area contributed by atoms with E-state index in [1.807, 2.05) is 4.72 Å². The van der Waals surface area contributed by atoms with Crippen molar-refractivity contribution in [3.63, 3.8) is 0 Å². The molecule has 3 atom stereocenters. The maximum atomic E-state index is 12.4. The van der Waals surface area contributed by atoms with Crippen LogP contribution in [0.4, 0.5) is 10.5 Å². The van der Waals surface area contributed by atoms with Gasteiger partial charge in [-0.25, -0.2) is 17.9 Å². The van der Waals surface area contributed by atoms with Gasteiger partial charge in [0.15, 0.2) is 0 Å². The molecule has 8 nitrogen and oxygen atoms in total. The molecular formula is C17H23N3O5S. The molecule has 1 aliphatic rings. The van der Waals surface area contributed by atoms with Gasteiger partial charge in [-0.2, -0.15) is 0 Å². The third-order valence-electron chi connectivity index (χ3n) is 3.78. The zero-order valence-electron chi connectivity index (χ0n) is 14.9. The van der Waals surface area contributed by atoms with Crippen LogP contribution in [0.1, 0.15) is 20.8 Å². The van der Waals surface area contributed by atoms with Crippen molar-refractivity contribution in [1.82, 2.24) is 10.0 Å². The summed E-state index contributed by atoms with van der Waals surface area (Å²) < 4.78 is 31.9. The van der Waals surface area contributed by atoms with E-state index in [9.17, 15) is 18.0 Å². The minimum absolute atomic E-state index is 0.0345. The summed E-state index contributed by atoms with van der Waals surface area (Å²) in [6.45, 7) is 8.76. The number of alkyl carbamates (subject to hydrolysis) is 1. The van der Waals surface area contributed by atoms with Crippen molar-refractivity contribution in [2.24, 2.45) is 11.8 Å². The van der Waals surface area contributed by atoms with Gasteiger partial charge in [0.25, 0.3) is 10.0 Å². The predicted octanol–water partition coefficient (Wildman–Crippen LogP) is 1.40. The summed E-state index contributed by atoms with van der Waals surface area (Å²) in [5, 5.41) is 2.57. The lowest BCUT2D eigenvalue weighted by Crippen LogP contribution is -2.37. The number of nitrogens with one attached hydrogen (secondary N) is 2. The van der Waals surface area contributed by atoms with Crippen LogP contribution < -0.4 is 15.8 Å². The van der Waals surface area contributed by atoms with Gasteiger partial charge in [-0.15, -0.1) is 6.58 Å². The number of nitrogens with two attached hydrogens (primary N) is 1. The van der Waals surface area contributed by atoms with Gasteiger partial charge in [0.05, 0.1) is 17.6 Å². The van der Waals surface area contributed by atoms with Crippen LogP contribution in [0, 0.1) is 11.8 Å². The number of ether oxygens (including phenoxy) is 1. The van der Waals surface area contributed by atoms with Crippen molar-refractivity contribution in [1.29, 1.82) is 0 Å². The molecule has 2 amide bonds. The van der Waals surface area contributed by atoms with Crippen LogP contribution in [-0.4, -0.2) is 32.1 Å². The monoisotopic (exact) mass is 381 g/mol. The molecule has 0 saturated heterocycles. The molecule has 0 bridgehead atoms. The Morgan fingerprint density at radius 1 is 1.27 bits per heavy atom. The van der Waals surface area contributed by atoms with Crippen LogP contribution in [0.15, 0.2) is 41.8 Å². The normalized spacial score (nSPS) is 22.2. The van der Waals surface area contributed by atoms with Gasteiger partial charge < -0.3 is 15.8 Å². The molecule has 0 aromatic heterocycles. The second-order valence-corrected chi connectivity index (χ2v) is 8.67. The number of anilines is 1. The van der Waals surface area contributed by atoms with Gasteiger partial charge in [0.2, 0.25) is 5.91 Å². The molecule has 1 saturated carbocycles. The molecule has 2 rings (SSSR count). The molecule has 1 aromatic carbocycles. The van der Waals surface area contributed by atoms with Gasteiger partial charge in [-0.05, 0) is 32.9 Å². The highest BCUT2D eigenvalue weighted by Gasteiger charge is 2.55. The standard InChI is InChI=1S/C17H23N3O5S/c1-5-10-13(14(10)19-16(22)25-17(2,3)4)15(21)20-26(23,24)12-9-7-6-8-11(12)18/h5-10,13-14H,1,18H2,2-4H3,(H,19,22)(H,20,21). The summed E-state index contributed by atoms with van der Waals surface area (Å²) in [5.41, 5.74) is 5.01. The fourth-order valence-corrected chi connectivity index (χ4v) is 3.72. The van der Waals surface area contributed by atoms with Gasteiger partial charge >= 0.3 is 6.09 Å². The molecule has 1 fully saturated rings. The maximum Gasteiger partial charge on any atom is 0.407 e. The van der Waals surface area contributed by atoms with E-state index in [2.05, 4.69) is 11.9 Å². The van der Waals surface area contributed by atoms with E-state index in [1.165, 1.54) is 24.3 Å². The van der Waals surface area contributed by atoms with Crippen LogP contribution in [-0.2, 0) is 19.6 Å². The average Bonchev–Trinajstić information content (AvgIpc) is 3.17. The number of nitrogen functional groups attached to an aromatic ring is 1. The molecule has 1 aliphatic carbocycles. The van der Waals surface area contributed by atoms with Gasteiger partial charge in [0, 0.05) is 5.92 Å². The Bertz CT molecular complexity index is 829. The van der Waals surface area contributed by atoms with Gasteiger partial charge in [0.1, 0.15) is 10.5 Å². The molecule has 0 spiro atoms.